The minimum atomic E-state index is -1.92. The van der Waals surface area contributed by atoms with Crippen LogP contribution in [0.15, 0.2) is 23.3 Å². The van der Waals surface area contributed by atoms with Crippen LogP contribution in [0.3, 0.4) is 0 Å². The van der Waals surface area contributed by atoms with Gasteiger partial charge >= 0.3 is 0 Å². The summed E-state index contributed by atoms with van der Waals surface area (Å²) in [4.78, 5) is 0. The van der Waals surface area contributed by atoms with E-state index >= 15 is 0 Å². The standard InChI is InChI=1S/C26H48O3Si/c1-18(2)12-10-14-20(4)24-22-17-28-25(27)21(22)15-11-13-19(3)16-23(24)29-30(8,9)26(5,6)7/h12-13,20-25,27H,10-11,14-17H2,1-9H3/b19-13+/t20-,21+,22?,23-,24+,25?/m1/s1. The summed E-state index contributed by atoms with van der Waals surface area (Å²) in [6.07, 6.45) is 9.62. The molecule has 1 N–H and O–H groups in total. The number of rotatable bonds is 6. The van der Waals surface area contributed by atoms with E-state index in [1.807, 2.05) is 0 Å². The smallest absolute Gasteiger partial charge is 0.192 e. The van der Waals surface area contributed by atoms with Crippen molar-refractivity contribution in [2.45, 2.75) is 111 Å². The summed E-state index contributed by atoms with van der Waals surface area (Å²) in [6.45, 7) is 21.4. The first-order valence-corrected chi connectivity index (χ1v) is 15.0. The van der Waals surface area contributed by atoms with Gasteiger partial charge in [0.15, 0.2) is 14.6 Å². The Bertz CT molecular complexity index is 612. The van der Waals surface area contributed by atoms with E-state index in [1.54, 1.807) is 0 Å². The molecule has 2 aliphatic rings. The Morgan fingerprint density at radius 1 is 1.30 bits per heavy atom. The number of allylic oxidation sites excluding steroid dienone is 3. The molecule has 0 aromatic carbocycles. The fraction of sp³-hybridized carbons (Fsp3) is 0.846. The zero-order valence-corrected chi connectivity index (χ0v) is 22.1. The van der Waals surface area contributed by atoms with Crippen LogP contribution >= 0.6 is 0 Å². The number of aliphatic hydroxyl groups is 1. The molecule has 3 nitrogen and oxygen atoms in total. The third-order valence-corrected chi connectivity index (χ3v) is 12.4. The first kappa shape index (κ1) is 25.8. The molecule has 1 saturated heterocycles. The molecule has 4 heteroatoms. The topological polar surface area (TPSA) is 38.7 Å². The van der Waals surface area contributed by atoms with Crippen LogP contribution in [0, 0.1) is 23.7 Å². The van der Waals surface area contributed by atoms with Crippen molar-refractivity contribution in [2.75, 3.05) is 6.61 Å². The number of fused-ring (bicyclic) bond motifs is 1. The second-order valence-electron chi connectivity index (χ2n) is 11.7. The Morgan fingerprint density at radius 2 is 1.97 bits per heavy atom. The van der Waals surface area contributed by atoms with E-state index in [9.17, 15) is 5.11 Å². The fourth-order valence-corrected chi connectivity index (χ4v) is 6.40. The molecule has 0 spiro atoms. The van der Waals surface area contributed by atoms with E-state index in [-0.39, 0.29) is 17.1 Å². The summed E-state index contributed by atoms with van der Waals surface area (Å²) in [5, 5.41) is 10.8. The maximum absolute atomic E-state index is 10.6. The number of aliphatic hydroxyl groups excluding tert-OH is 1. The van der Waals surface area contributed by atoms with Crippen LogP contribution in [0.5, 0.6) is 0 Å². The summed E-state index contributed by atoms with van der Waals surface area (Å²) >= 11 is 0. The van der Waals surface area contributed by atoms with Crippen LogP contribution in [-0.2, 0) is 9.16 Å². The van der Waals surface area contributed by atoms with Crippen LogP contribution in [0.1, 0.15) is 80.6 Å². The van der Waals surface area contributed by atoms with Crippen LogP contribution in [0.2, 0.25) is 18.1 Å². The summed E-state index contributed by atoms with van der Waals surface area (Å²) in [6, 6.07) is 0. The van der Waals surface area contributed by atoms with Gasteiger partial charge in [0.1, 0.15) is 0 Å². The summed E-state index contributed by atoms with van der Waals surface area (Å²) in [7, 11) is -1.92. The zero-order valence-electron chi connectivity index (χ0n) is 21.1. The second-order valence-corrected chi connectivity index (χ2v) is 16.5. The van der Waals surface area contributed by atoms with E-state index in [1.165, 1.54) is 11.1 Å². The van der Waals surface area contributed by atoms with Gasteiger partial charge < -0.3 is 14.3 Å². The average molecular weight is 437 g/mol. The highest BCUT2D eigenvalue weighted by Gasteiger charge is 2.48. The minimum Gasteiger partial charge on any atom is -0.413 e. The molecule has 174 valence electrons. The zero-order chi connectivity index (χ0) is 22.7. The van der Waals surface area contributed by atoms with Crippen molar-refractivity contribution in [1.29, 1.82) is 0 Å². The lowest BCUT2D eigenvalue weighted by Crippen LogP contribution is -2.49. The third kappa shape index (κ3) is 6.54. The summed E-state index contributed by atoms with van der Waals surface area (Å²) in [5.74, 6) is 1.53. The SMILES string of the molecule is CC(C)=CCC[C@@H](C)[C@H]1C2COC(O)[C@H]2CC/C=C(\C)C[C@H]1O[Si](C)(C)C(C)(C)C. The maximum atomic E-state index is 10.6. The first-order valence-electron chi connectivity index (χ1n) is 12.1. The molecule has 1 fully saturated rings. The second kappa shape index (κ2) is 10.5. The Labute approximate surface area is 187 Å². The average Bonchev–Trinajstić information content (AvgIpc) is 2.96. The Balaban J connectivity index is 2.40. The van der Waals surface area contributed by atoms with E-state index in [0.29, 0.717) is 24.4 Å². The molecule has 0 aromatic heterocycles. The molecule has 2 unspecified atom stereocenters. The van der Waals surface area contributed by atoms with Crippen LogP contribution < -0.4 is 0 Å². The van der Waals surface area contributed by atoms with Crippen molar-refractivity contribution in [2.24, 2.45) is 23.7 Å². The van der Waals surface area contributed by atoms with E-state index in [2.05, 4.69) is 73.7 Å². The first-order chi connectivity index (χ1) is 13.8. The molecule has 0 radical (unpaired) electrons. The number of ether oxygens (including phenoxy) is 1. The highest BCUT2D eigenvalue weighted by molar-refractivity contribution is 6.74. The van der Waals surface area contributed by atoms with Crippen molar-refractivity contribution < 1.29 is 14.3 Å². The van der Waals surface area contributed by atoms with Crippen LogP contribution in [0.4, 0.5) is 0 Å². The quantitative estimate of drug-likeness (QED) is 0.357. The molecular weight excluding hydrogens is 388 g/mol. The molecule has 6 atom stereocenters. The van der Waals surface area contributed by atoms with Gasteiger partial charge in [-0.1, -0.05) is 51.0 Å². The van der Waals surface area contributed by atoms with Gasteiger partial charge in [0, 0.05) is 5.92 Å². The highest BCUT2D eigenvalue weighted by Crippen LogP contribution is 2.46. The lowest BCUT2D eigenvalue weighted by Gasteiger charge is -2.45. The molecule has 0 aromatic rings. The molecule has 1 aliphatic carbocycles. The van der Waals surface area contributed by atoms with E-state index < -0.39 is 14.6 Å². The molecule has 1 aliphatic heterocycles. The Hall–Kier alpha value is -0.423. The van der Waals surface area contributed by atoms with Crippen molar-refractivity contribution in [3.63, 3.8) is 0 Å². The molecule has 0 bridgehead atoms. The molecular formula is C26H48O3Si. The Morgan fingerprint density at radius 3 is 2.57 bits per heavy atom. The predicted octanol–water partition coefficient (Wildman–Crippen LogP) is 7.09. The van der Waals surface area contributed by atoms with E-state index in [4.69, 9.17) is 9.16 Å². The third-order valence-electron chi connectivity index (χ3n) is 7.90. The summed E-state index contributed by atoms with van der Waals surface area (Å²) in [5.41, 5.74) is 2.83. The monoisotopic (exact) mass is 436 g/mol. The van der Waals surface area contributed by atoms with Gasteiger partial charge in [-0.15, -0.1) is 0 Å². The van der Waals surface area contributed by atoms with Gasteiger partial charge in [-0.3, -0.25) is 0 Å². The predicted molar refractivity (Wildman–Crippen MR) is 130 cm³/mol. The lowest BCUT2D eigenvalue weighted by molar-refractivity contribution is -0.0837. The van der Waals surface area contributed by atoms with Crippen LogP contribution in [0.25, 0.3) is 0 Å². The van der Waals surface area contributed by atoms with Gasteiger partial charge in [0.2, 0.25) is 0 Å². The number of hydrogen-bond acceptors (Lipinski definition) is 3. The minimum absolute atomic E-state index is 0.185. The lowest BCUT2D eigenvalue weighted by atomic mass is 9.71. The van der Waals surface area contributed by atoms with Crippen molar-refractivity contribution in [1.82, 2.24) is 0 Å². The maximum Gasteiger partial charge on any atom is 0.192 e. The van der Waals surface area contributed by atoms with Gasteiger partial charge in [-0.05, 0) is 88.8 Å². The largest absolute Gasteiger partial charge is 0.413 e. The molecule has 0 saturated carbocycles. The van der Waals surface area contributed by atoms with Crippen molar-refractivity contribution in [3.8, 4) is 0 Å². The van der Waals surface area contributed by atoms with E-state index in [0.717, 1.165) is 32.1 Å². The molecule has 0 amide bonds. The normalized spacial score (nSPS) is 33.5. The van der Waals surface area contributed by atoms with Gasteiger partial charge in [0.25, 0.3) is 0 Å². The van der Waals surface area contributed by atoms with Crippen LogP contribution in [-0.4, -0.2) is 32.4 Å². The van der Waals surface area contributed by atoms with Crippen molar-refractivity contribution >= 4 is 8.32 Å². The molecule has 2 rings (SSSR count). The summed E-state index contributed by atoms with van der Waals surface area (Å²) < 4.78 is 13.0. The Kier molecular flexibility index (Phi) is 9.01. The fourth-order valence-electron chi connectivity index (χ4n) is 5.05. The molecule has 30 heavy (non-hydrogen) atoms. The molecule has 1 heterocycles. The highest BCUT2D eigenvalue weighted by atomic mass is 28.4. The van der Waals surface area contributed by atoms with Gasteiger partial charge in [-0.25, -0.2) is 0 Å². The van der Waals surface area contributed by atoms with Gasteiger partial charge in [-0.2, -0.15) is 0 Å². The van der Waals surface area contributed by atoms with Gasteiger partial charge in [0.05, 0.1) is 12.7 Å². The number of hydrogen-bond donors (Lipinski definition) is 1. The van der Waals surface area contributed by atoms with Crippen molar-refractivity contribution in [3.05, 3.63) is 23.3 Å².